The van der Waals surface area contributed by atoms with Crippen LogP contribution in [-0.2, 0) is 6.42 Å². The predicted molar refractivity (Wildman–Crippen MR) is 85.1 cm³/mol. The van der Waals surface area contributed by atoms with E-state index in [2.05, 4.69) is 26.2 Å². The summed E-state index contributed by atoms with van der Waals surface area (Å²) in [7, 11) is 0. The van der Waals surface area contributed by atoms with Crippen LogP contribution in [0.4, 0.5) is 11.4 Å². The zero-order chi connectivity index (χ0) is 14.7. The minimum Gasteiger partial charge on any atom is -0.397 e. The summed E-state index contributed by atoms with van der Waals surface area (Å²) >= 11 is 9.33. The van der Waals surface area contributed by atoms with Gasteiger partial charge in [0.2, 0.25) is 0 Å². The Balaban J connectivity index is 2.30. The van der Waals surface area contributed by atoms with Gasteiger partial charge >= 0.3 is 0 Å². The molecule has 104 valence electrons. The van der Waals surface area contributed by atoms with Crippen molar-refractivity contribution in [3.8, 4) is 0 Å². The van der Waals surface area contributed by atoms with E-state index in [9.17, 15) is 4.79 Å². The van der Waals surface area contributed by atoms with E-state index in [1.165, 1.54) is 12.3 Å². The number of nitrogen functional groups attached to an aromatic ring is 1. The number of rotatable bonds is 3. The molecule has 0 aliphatic rings. The number of amides is 1. The molecule has 4 nitrogen and oxygen atoms in total. The third-order valence-electron chi connectivity index (χ3n) is 2.80. The van der Waals surface area contributed by atoms with E-state index in [1.807, 2.05) is 25.1 Å². The Morgan fingerprint density at radius 3 is 2.90 bits per heavy atom. The summed E-state index contributed by atoms with van der Waals surface area (Å²) in [4.78, 5) is 16.1. The molecule has 0 saturated carbocycles. The normalized spacial score (nSPS) is 10.3. The Morgan fingerprint density at radius 1 is 1.45 bits per heavy atom. The molecular formula is C14H13BrClN3O. The minimum absolute atomic E-state index is 0.131. The second kappa shape index (κ2) is 6.24. The van der Waals surface area contributed by atoms with Gasteiger partial charge in [0.1, 0.15) is 5.15 Å². The van der Waals surface area contributed by atoms with Gasteiger partial charge in [-0.3, -0.25) is 4.79 Å². The number of nitrogens with zero attached hydrogens (tertiary/aromatic N) is 1. The van der Waals surface area contributed by atoms with Crippen LogP contribution in [0.5, 0.6) is 0 Å². The Morgan fingerprint density at radius 2 is 2.20 bits per heavy atom. The zero-order valence-electron chi connectivity index (χ0n) is 10.8. The van der Waals surface area contributed by atoms with Gasteiger partial charge in [0, 0.05) is 10.2 Å². The highest BCUT2D eigenvalue weighted by molar-refractivity contribution is 9.10. The lowest BCUT2D eigenvalue weighted by atomic mass is 10.1. The molecule has 0 atom stereocenters. The van der Waals surface area contributed by atoms with Crippen LogP contribution >= 0.6 is 27.5 Å². The van der Waals surface area contributed by atoms with E-state index in [0.717, 1.165) is 22.1 Å². The summed E-state index contributed by atoms with van der Waals surface area (Å²) in [6.07, 6.45) is 2.22. The molecule has 0 fully saturated rings. The molecule has 0 bridgehead atoms. The Labute approximate surface area is 130 Å². The van der Waals surface area contributed by atoms with Gasteiger partial charge in [0.15, 0.2) is 0 Å². The lowest BCUT2D eigenvalue weighted by molar-refractivity contribution is 0.102. The standard InChI is InChI=1S/C14H13BrClN3O/c1-2-8-5-9(15)3-4-12(8)19-14(20)11-6-10(17)7-18-13(11)16/h3-7H,2,17H2,1H3,(H,19,20). The summed E-state index contributed by atoms with van der Waals surface area (Å²) in [5, 5.41) is 2.96. The molecule has 20 heavy (non-hydrogen) atoms. The first-order chi connectivity index (χ1) is 9.51. The second-order valence-corrected chi connectivity index (χ2v) is 5.49. The average molecular weight is 355 g/mol. The summed E-state index contributed by atoms with van der Waals surface area (Å²) in [5.74, 6) is -0.327. The number of anilines is 2. The fraction of sp³-hybridized carbons (Fsp3) is 0.143. The number of nitrogens with one attached hydrogen (secondary N) is 1. The fourth-order valence-corrected chi connectivity index (χ4v) is 2.39. The first-order valence-corrected chi connectivity index (χ1v) is 7.19. The zero-order valence-corrected chi connectivity index (χ0v) is 13.1. The SMILES string of the molecule is CCc1cc(Br)ccc1NC(=O)c1cc(N)cnc1Cl. The summed E-state index contributed by atoms with van der Waals surface area (Å²) in [5.41, 5.74) is 8.06. The first kappa shape index (κ1) is 14.8. The lowest BCUT2D eigenvalue weighted by Gasteiger charge is -2.11. The maximum atomic E-state index is 12.2. The van der Waals surface area contributed by atoms with Crippen molar-refractivity contribution >= 4 is 44.8 Å². The van der Waals surface area contributed by atoms with E-state index < -0.39 is 0 Å². The number of hydrogen-bond acceptors (Lipinski definition) is 3. The van der Waals surface area contributed by atoms with Crippen LogP contribution in [0.1, 0.15) is 22.8 Å². The van der Waals surface area contributed by atoms with Crippen LogP contribution in [0.25, 0.3) is 0 Å². The monoisotopic (exact) mass is 353 g/mol. The lowest BCUT2D eigenvalue weighted by Crippen LogP contribution is -2.14. The van der Waals surface area contributed by atoms with Crippen molar-refractivity contribution in [3.63, 3.8) is 0 Å². The number of aryl methyl sites for hydroxylation is 1. The Bertz CT molecular complexity index is 661. The molecule has 1 aromatic heterocycles. The fourth-order valence-electron chi connectivity index (χ4n) is 1.79. The number of pyridine rings is 1. The van der Waals surface area contributed by atoms with Gasteiger partial charge in [0.25, 0.3) is 5.91 Å². The van der Waals surface area contributed by atoms with Crippen molar-refractivity contribution in [1.82, 2.24) is 4.98 Å². The number of carbonyl (C=O) groups is 1. The molecule has 2 aromatic rings. The molecule has 0 aliphatic carbocycles. The molecular weight excluding hydrogens is 342 g/mol. The van der Waals surface area contributed by atoms with Gasteiger partial charge in [-0.05, 0) is 36.2 Å². The van der Waals surface area contributed by atoms with Gasteiger partial charge in [-0.1, -0.05) is 34.5 Å². The largest absolute Gasteiger partial charge is 0.397 e. The highest BCUT2D eigenvalue weighted by Gasteiger charge is 2.13. The van der Waals surface area contributed by atoms with Crippen LogP contribution in [-0.4, -0.2) is 10.9 Å². The summed E-state index contributed by atoms with van der Waals surface area (Å²) in [6.45, 7) is 2.02. The number of halogens is 2. The molecule has 1 amide bonds. The van der Waals surface area contributed by atoms with Crippen molar-refractivity contribution in [3.05, 3.63) is 51.2 Å². The van der Waals surface area contributed by atoms with Crippen LogP contribution in [0.2, 0.25) is 5.15 Å². The van der Waals surface area contributed by atoms with Crippen molar-refractivity contribution in [2.75, 3.05) is 11.1 Å². The molecule has 6 heteroatoms. The Kier molecular flexibility index (Phi) is 4.62. The minimum atomic E-state index is -0.327. The number of benzene rings is 1. The van der Waals surface area contributed by atoms with E-state index in [-0.39, 0.29) is 16.6 Å². The number of hydrogen-bond donors (Lipinski definition) is 2. The van der Waals surface area contributed by atoms with Crippen LogP contribution in [0.3, 0.4) is 0 Å². The molecule has 0 radical (unpaired) electrons. The third-order valence-corrected chi connectivity index (χ3v) is 3.60. The molecule has 2 rings (SSSR count). The molecule has 3 N–H and O–H groups in total. The van der Waals surface area contributed by atoms with Gasteiger partial charge < -0.3 is 11.1 Å². The smallest absolute Gasteiger partial charge is 0.258 e. The van der Waals surface area contributed by atoms with Crippen LogP contribution in [0.15, 0.2) is 34.9 Å². The van der Waals surface area contributed by atoms with E-state index in [0.29, 0.717) is 5.69 Å². The van der Waals surface area contributed by atoms with E-state index in [4.69, 9.17) is 17.3 Å². The highest BCUT2D eigenvalue weighted by atomic mass is 79.9. The average Bonchev–Trinajstić information content (AvgIpc) is 2.43. The van der Waals surface area contributed by atoms with E-state index in [1.54, 1.807) is 0 Å². The molecule has 0 spiro atoms. The Hall–Kier alpha value is -1.59. The summed E-state index contributed by atoms with van der Waals surface area (Å²) < 4.78 is 0.969. The maximum absolute atomic E-state index is 12.2. The molecule has 0 saturated heterocycles. The summed E-state index contributed by atoms with van der Waals surface area (Å²) in [6, 6.07) is 7.19. The molecule has 0 unspecified atom stereocenters. The predicted octanol–water partition coefficient (Wildman–Crippen LogP) is 3.89. The molecule has 0 aliphatic heterocycles. The number of aromatic nitrogens is 1. The van der Waals surface area contributed by atoms with Crippen molar-refractivity contribution < 1.29 is 4.79 Å². The second-order valence-electron chi connectivity index (χ2n) is 4.22. The van der Waals surface area contributed by atoms with Crippen molar-refractivity contribution in [1.29, 1.82) is 0 Å². The van der Waals surface area contributed by atoms with Gasteiger partial charge in [-0.15, -0.1) is 0 Å². The quantitative estimate of drug-likeness (QED) is 0.822. The number of nitrogens with two attached hydrogens (primary N) is 1. The molecule has 1 aromatic carbocycles. The van der Waals surface area contributed by atoms with Crippen molar-refractivity contribution in [2.24, 2.45) is 0 Å². The van der Waals surface area contributed by atoms with Crippen LogP contribution < -0.4 is 11.1 Å². The first-order valence-electron chi connectivity index (χ1n) is 6.02. The van der Waals surface area contributed by atoms with Gasteiger partial charge in [0.05, 0.1) is 17.4 Å². The highest BCUT2D eigenvalue weighted by Crippen LogP contribution is 2.23. The third kappa shape index (κ3) is 3.29. The van der Waals surface area contributed by atoms with Gasteiger partial charge in [-0.2, -0.15) is 0 Å². The van der Waals surface area contributed by atoms with Crippen molar-refractivity contribution in [2.45, 2.75) is 13.3 Å². The topological polar surface area (TPSA) is 68.0 Å². The molecule has 1 heterocycles. The van der Waals surface area contributed by atoms with Gasteiger partial charge in [-0.25, -0.2) is 4.98 Å². The van der Waals surface area contributed by atoms with Crippen LogP contribution in [0, 0.1) is 0 Å². The van der Waals surface area contributed by atoms with E-state index >= 15 is 0 Å². The number of carbonyl (C=O) groups excluding carboxylic acids is 1. The maximum Gasteiger partial charge on any atom is 0.258 e.